The molecule has 2 saturated heterocycles. The van der Waals surface area contributed by atoms with E-state index in [1.54, 1.807) is 0 Å². The first-order valence-corrected chi connectivity index (χ1v) is 8.33. The number of hydrogen-bond acceptors (Lipinski definition) is 3. The Kier molecular flexibility index (Phi) is 4.39. The van der Waals surface area contributed by atoms with Gasteiger partial charge in [0.25, 0.3) is 0 Å². The van der Waals surface area contributed by atoms with E-state index in [4.69, 9.17) is 0 Å². The predicted octanol–water partition coefficient (Wildman–Crippen LogP) is 1.88. The molecule has 112 valence electrons. The van der Waals surface area contributed by atoms with Gasteiger partial charge in [0.05, 0.1) is 6.04 Å². The molecule has 0 radical (unpaired) electrons. The number of amides is 1. The van der Waals surface area contributed by atoms with Gasteiger partial charge in [0.2, 0.25) is 5.91 Å². The fourth-order valence-electron chi connectivity index (χ4n) is 4.29. The van der Waals surface area contributed by atoms with Crippen LogP contribution in [0.2, 0.25) is 0 Å². The molecule has 1 aliphatic carbocycles. The van der Waals surface area contributed by atoms with Crippen molar-refractivity contribution in [2.45, 2.75) is 69.9 Å². The number of carbonyl (C=O) groups is 2. The number of rotatable bonds is 2. The zero-order chi connectivity index (χ0) is 13.9. The SMILES string of the molecule is O=C1CCCCC1C1CCCN1C1CCCCNC1=O. The van der Waals surface area contributed by atoms with Gasteiger partial charge in [-0.15, -0.1) is 0 Å². The summed E-state index contributed by atoms with van der Waals surface area (Å²) in [5.74, 6) is 0.835. The van der Waals surface area contributed by atoms with E-state index in [1.165, 1.54) is 6.42 Å². The van der Waals surface area contributed by atoms with Gasteiger partial charge in [0.1, 0.15) is 5.78 Å². The monoisotopic (exact) mass is 278 g/mol. The van der Waals surface area contributed by atoms with Gasteiger partial charge in [-0.3, -0.25) is 14.5 Å². The van der Waals surface area contributed by atoms with Crippen molar-refractivity contribution in [3.63, 3.8) is 0 Å². The van der Waals surface area contributed by atoms with Crippen molar-refractivity contribution >= 4 is 11.7 Å². The lowest BCUT2D eigenvalue weighted by atomic mass is 9.81. The maximum Gasteiger partial charge on any atom is 0.237 e. The number of Topliss-reactive ketones (excluding diaryl/α,β-unsaturated/α-hetero) is 1. The van der Waals surface area contributed by atoms with E-state index in [9.17, 15) is 9.59 Å². The Hall–Kier alpha value is -0.900. The summed E-state index contributed by atoms with van der Waals surface area (Å²) in [5, 5.41) is 3.04. The van der Waals surface area contributed by atoms with Gasteiger partial charge in [0.15, 0.2) is 0 Å². The van der Waals surface area contributed by atoms with Crippen LogP contribution in [0.1, 0.15) is 57.8 Å². The lowest BCUT2D eigenvalue weighted by Crippen LogP contribution is -2.51. The van der Waals surface area contributed by atoms with Crippen LogP contribution in [0.15, 0.2) is 0 Å². The van der Waals surface area contributed by atoms with E-state index in [0.717, 1.165) is 64.5 Å². The van der Waals surface area contributed by atoms with Gasteiger partial charge in [-0.05, 0) is 51.5 Å². The van der Waals surface area contributed by atoms with Gasteiger partial charge in [-0.2, -0.15) is 0 Å². The molecule has 4 nitrogen and oxygen atoms in total. The van der Waals surface area contributed by atoms with Crippen LogP contribution >= 0.6 is 0 Å². The van der Waals surface area contributed by atoms with Crippen LogP contribution in [0.4, 0.5) is 0 Å². The van der Waals surface area contributed by atoms with Crippen molar-refractivity contribution in [3.05, 3.63) is 0 Å². The van der Waals surface area contributed by atoms with Gasteiger partial charge in [0, 0.05) is 24.9 Å². The number of ketones is 1. The lowest BCUT2D eigenvalue weighted by Gasteiger charge is -2.36. The second-order valence-corrected chi connectivity index (χ2v) is 6.57. The van der Waals surface area contributed by atoms with E-state index in [2.05, 4.69) is 10.2 Å². The quantitative estimate of drug-likeness (QED) is 0.839. The third-order valence-corrected chi connectivity index (χ3v) is 5.32. The molecule has 1 amide bonds. The molecule has 0 aromatic heterocycles. The Morgan fingerprint density at radius 3 is 2.65 bits per heavy atom. The molecular weight excluding hydrogens is 252 g/mol. The van der Waals surface area contributed by atoms with Crippen LogP contribution < -0.4 is 5.32 Å². The molecule has 3 aliphatic rings. The molecule has 1 N–H and O–H groups in total. The molecule has 3 fully saturated rings. The van der Waals surface area contributed by atoms with Crippen LogP contribution in [0.3, 0.4) is 0 Å². The molecule has 2 heterocycles. The topological polar surface area (TPSA) is 49.4 Å². The first-order valence-electron chi connectivity index (χ1n) is 8.33. The Labute approximate surface area is 121 Å². The van der Waals surface area contributed by atoms with Gasteiger partial charge < -0.3 is 5.32 Å². The number of hydrogen-bond donors (Lipinski definition) is 1. The summed E-state index contributed by atoms with van der Waals surface area (Å²) in [7, 11) is 0. The van der Waals surface area contributed by atoms with Crippen LogP contribution in [0.25, 0.3) is 0 Å². The summed E-state index contributed by atoms with van der Waals surface area (Å²) in [6, 6.07) is 0.344. The van der Waals surface area contributed by atoms with Gasteiger partial charge in [-0.25, -0.2) is 0 Å². The standard InChI is InChI=1S/C16H26N2O2/c19-15-9-2-1-6-12(15)13-8-5-11-18(13)14-7-3-4-10-17-16(14)20/h12-14H,1-11H2,(H,17,20). The second kappa shape index (κ2) is 6.25. The average molecular weight is 278 g/mol. The molecule has 3 unspecified atom stereocenters. The molecule has 3 rings (SSSR count). The van der Waals surface area contributed by atoms with Crippen molar-refractivity contribution in [1.82, 2.24) is 10.2 Å². The highest BCUT2D eigenvalue weighted by Gasteiger charge is 2.41. The molecule has 0 spiro atoms. The number of nitrogens with one attached hydrogen (secondary N) is 1. The molecular formula is C16H26N2O2. The fraction of sp³-hybridized carbons (Fsp3) is 0.875. The molecule has 1 saturated carbocycles. The van der Waals surface area contributed by atoms with Crippen molar-refractivity contribution in [3.8, 4) is 0 Å². The third kappa shape index (κ3) is 2.76. The molecule has 3 atom stereocenters. The highest BCUT2D eigenvalue weighted by molar-refractivity contribution is 5.84. The minimum Gasteiger partial charge on any atom is -0.355 e. The minimum atomic E-state index is 0.0136. The van der Waals surface area contributed by atoms with Crippen molar-refractivity contribution in [2.24, 2.45) is 5.92 Å². The molecule has 20 heavy (non-hydrogen) atoms. The Bertz CT molecular complexity index is 383. The van der Waals surface area contributed by atoms with Crippen molar-refractivity contribution in [2.75, 3.05) is 13.1 Å². The smallest absolute Gasteiger partial charge is 0.237 e. The number of carbonyl (C=O) groups excluding carboxylic acids is 2. The summed E-state index contributed by atoms with van der Waals surface area (Å²) >= 11 is 0. The summed E-state index contributed by atoms with van der Waals surface area (Å²) in [6.07, 6.45) is 9.43. The average Bonchev–Trinajstić information content (AvgIpc) is 2.82. The number of nitrogens with zero attached hydrogens (tertiary/aromatic N) is 1. The number of likely N-dealkylation sites (tertiary alicyclic amines) is 1. The fourth-order valence-corrected chi connectivity index (χ4v) is 4.29. The minimum absolute atomic E-state index is 0.0136. The van der Waals surface area contributed by atoms with Crippen LogP contribution in [0.5, 0.6) is 0 Å². The first kappa shape index (κ1) is 14.1. The third-order valence-electron chi connectivity index (χ3n) is 5.32. The zero-order valence-corrected chi connectivity index (χ0v) is 12.3. The maximum atomic E-state index is 12.3. The van der Waals surface area contributed by atoms with Crippen LogP contribution in [0, 0.1) is 5.92 Å². The highest BCUT2D eigenvalue weighted by Crippen LogP contribution is 2.34. The largest absolute Gasteiger partial charge is 0.355 e. The lowest BCUT2D eigenvalue weighted by molar-refractivity contribution is -0.131. The van der Waals surface area contributed by atoms with E-state index < -0.39 is 0 Å². The van der Waals surface area contributed by atoms with E-state index >= 15 is 0 Å². The normalized spacial score (nSPS) is 36.7. The summed E-state index contributed by atoms with van der Waals surface area (Å²) in [5.41, 5.74) is 0. The van der Waals surface area contributed by atoms with Crippen LogP contribution in [-0.4, -0.2) is 41.8 Å². The molecule has 0 aromatic rings. The Balaban J connectivity index is 1.73. The summed E-state index contributed by atoms with van der Waals surface area (Å²) in [6.45, 7) is 1.81. The summed E-state index contributed by atoms with van der Waals surface area (Å²) in [4.78, 5) is 26.9. The highest BCUT2D eigenvalue weighted by atomic mass is 16.2. The second-order valence-electron chi connectivity index (χ2n) is 6.57. The van der Waals surface area contributed by atoms with Gasteiger partial charge >= 0.3 is 0 Å². The molecule has 4 heteroatoms. The van der Waals surface area contributed by atoms with Crippen molar-refractivity contribution in [1.29, 1.82) is 0 Å². The van der Waals surface area contributed by atoms with E-state index in [1.807, 2.05) is 0 Å². The molecule has 0 bridgehead atoms. The zero-order valence-electron chi connectivity index (χ0n) is 12.3. The Morgan fingerprint density at radius 1 is 0.950 bits per heavy atom. The van der Waals surface area contributed by atoms with Crippen molar-refractivity contribution < 1.29 is 9.59 Å². The van der Waals surface area contributed by atoms with Crippen LogP contribution in [-0.2, 0) is 9.59 Å². The summed E-state index contributed by atoms with van der Waals surface area (Å²) < 4.78 is 0. The predicted molar refractivity (Wildman–Crippen MR) is 77.3 cm³/mol. The molecule has 0 aromatic carbocycles. The first-order chi connectivity index (χ1) is 9.77. The Morgan fingerprint density at radius 2 is 1.80 bits per heavy atom. The van der Waals surface area contributed by atoms with E-state index in [-0.39, 0.29) is 17.9 Å². The van der Waals surface area contributed by atoms with Gasteiger partial charge in [-0.1, -0.05) is 6.42 Å². The maximum absolute atomic E-state index is 12.3. The van der Waals surface area contributed by atoms with E-state index in [0.29, 0.717) is 11.8 Å². The molecule has 2 aliphatic heterocycles.